The van der Waals surface area contributed by atoms with Gasteiger partial charge in [-0.3, -0.25) is 0 Å². The molecule has 3 heteroatoms. The van der Waals surface area contributed by atoms with Crippen molar-refractivity contribution in [2.24, 2.45) is 0 Å². The van der Waals surface area contributed by atoms with Crippen molar-refractivity contribution in [1.29, 1.82) is 0 Å². The normalized spacial score (nSPS) is 12.8. The Kier molecular flexibility index (Phi) is 10.8. The summed E-state index contributed by atoms with van der Waals surface area (Å²) in [6, 6.07) is 0. The lowest BCUT2D eigenvalue weighted by Gasteiger charge is -2.09. The molecule has 0 radical (unpaired) electrons. The quantitative estimate of drug-likeness (QED) is 0.682. The van der Waals surface area contributed by atoms with Gasteiger partial charge in [0.25, 0.3) is 0 Å². The summed E-state index contributed by atoms with van der Waals surface area (Å²) in [5, 5.41) is 16.0. The molecule has 0 aliphatic heterocycles. The van der Waals surface area contributed by atoms with Gasteiger partial charge in [-0.1, -0.05) is 0 Å². The summed E-state index contributed by atoms with van der Waals surface area (Å²) in [5.41, 5.74) is 0. The fraction of sp³-hybridized carbons (Fsp3) is 1.00. The van der Waals surface area contributed by atoms with E-state index < -0.39 is 6.10 Å². The van der Waals surface area contributed by atoms with Crippen molar-refractivity contribution in [2.75, 3.05) is 6.61 Å². The molecule has 0 bridgehead atoms. The standard InChI is InChI=1S/C6H14O.C3H8O2/c1-5(2)7-6(3)4;1-3(5)2-4/h5-6H,1-4H3;3-5H,2H2,1H3. The highest BCUT2D eigenvalue weighted by molar-refractivity contribution is 4.40. The van der Waals surface area contributed by atoms with Gasteiger partial charge in [0, 0.05) is 0 Å². The van der Waals surface area contributed by atoms with Crippen LogP contribution in [0.15, 0.2) is 0 Å². The van der Waals surface area contributed by atoms with Crippen molar-refractivity contribution >= 4 is 0 Å². The van der Waals surface area contributed by atoms with Crippen LogP contribution in [-0.2, 0) is 4.74 Å². The highest BCUT2D eigenvalue weighted by atomic mass is 16.5. The molecule has 0 spiro atoms. The van der Waals surface area contributed by atoms with E-state index in [4.69, 9.17) is 14.9 Å². The van der Waals surface area contributed by atoms with Crippen molar-refractivity contribution in [3.8, 4) is 0 Å². The minimum Gasteiger partial charge on any atom is -0.394 e. The van der Waals surface area contributed by atoms with E-state index in [1.54, 1.807) is 0 Å². The Morgan fingerprint density at radius 1 is 1.00 bits per heavy atom. The van der Waals surface area contributed by atoms with Crippen LogP contribution < -0.4 is 0 Å². The lowest BCUT2D eigenvalue weighted by Crippen LogP contribution is -2.09. The summed E-state index contributed by atoms with van der Waals surface area (Å²) < 4.78 is 5.25. The van der Waals surface area contributed by atoms with Crippen molar-refractivity contribution in [2.45, 2.75) is 52.9 Å². The Morgan fingerprint density at radius 2 is 1.25 bits per heavy atom. The predicted molar refractivity (Wildman–Crippen MR) is 50.1 cm³/mol. The molecule has 76 valence electrons. The molecule has 0 saturated carbocycles. The van der Waals surface area contributed by atoms with E-state index in [2.05, 4.69) is 0 Å². The summed E-state index contributed by atoms with van der Waals surface area (Å²) in [6.07, 6.45) is 0.190. The Morgan fingerprint density at radius 3 is 1.25 bits per heavy atom. The third kappa shape index (κ3) is 22.5. The second-order valence-corrected chi connectivity index (χ2v) is 3.27. The molecule has 0 aliphatic carbocycles. The van der Waals surface area contributed by atoms with Crippen LogP contribution in [0.3, 0.4) is 0 Å². The summed E-state index contributed by atoms with van der Waals surface area (Å²) in [6.45, 7) is 9.56. The van der Waals surface area contributed by atoms with Crippen LogP contribution in [0.1, 0.15) is 34.6 Å². The van der Waals surface area contributed by atoms with Crippen LogP contribution in [0, 0.1) is 0 Å². The molecule has 1 unspecified atom stereocenters. The molecular formula is C9H22O3. The van der Waals surface area contributed by atoms with E-state index in [1.165, 1.54) is 6.92 Å². The minimum atomic E-state index is -0.560. The first-order valence-corrected chi connectivity index (χ1v) is 4.34. The SMILES string of the molecule is CC(C)OC(C)C.CC(O)CO. The zero-order chi connectivity index (χ0) is 10.1. The number of aliphatic hydroxyl groups excluding tert-OH is 2. The summed E-state index contributed by atoms with van der Waals surface area (Å²) in [7, 11) is 0. The van der Waals surface area contributed by atoms with Crippen LogP contribution in [-0.4, -0.2) is 35.1 Å². The third-order valence-electron chi connectivity index (χ3n) is 0.809. The Bertz CT molecular complexity index is 73.8. The topological polar surface area (TPSA) is 49.7 Å². The molecule has 0 heterocycles. The highest BCUT2D eigenvalue weighted by Crippen LogP contribution is 1.93. The molecule has 0 aliphatic rings. The Hall–Kier alpha value is -0.120. The summed E-state index contributed by atoms with van der Waals surface area (Å²) >= 11 is 0. The molecule has 0 aromatic rings. The molecule has 1 atom stereocenters. The fourth-order valence-corrected chi connectivity index (χ4v) is 0.544. The average molecular weight is 178 g/mol. The van der Waals surface area contributed by atoms with Crippen molar-refractivity contribution < 1.29 is 14.9 Å². The van der Waals surface area contributed by atoms with Gasteiger partial charge in [-0.15, -0.1) is 0 Å². The van der Waals surface area contributed by atoms with Crippen molar-refractivity contribution in [3.05, 3.63) is 0 Å². The summed E-state index contributed by atoms with van der Waals surface area (Å²) in [4.78, 5) is 0. The maximum Gasteiger partial charge on any atom is 0.0742 e. The van der Waals surface area contributed by atoms with Crippen molar-refractivity contribution in [3.63, 3.8) is 0 Å². The molecule has 0 aromatic heterocycles. The van der Waals surface area contributed by atoms with Gasteiger partial charge in [0.1, 0.15) is 0 Å². The van der Waals surface area contributed by atoms with Crippen LogP contribution >= 0.6 is 0 Å². The van der Waals surface area contributed by atoms with Gasteiger partial charge >= 0.3 is 0 Å². The zero-order valence-electron chi connectivity index (χ0n) is 8.74. The second kappa shape index (κ2) is 8.97. The molecule has 0 aromatic carbocycles. The number of hydrogen-bond acceptors (Lipinski definition) is 3. The number of rotatable bonds is 3. The van der Waals surface area contributed by atoms with Gasteiger partial charge in [0.05, 0.1) is 24.9 Å². The predicted octanol–water partition coefficient (Wildman–Crippen LogP) is 1.18. The number of hydrogen-bond donors (Lipinski definition) is 2. The Balaban J connectivity index is 0. The molecule has 0 rings (SSSR count). The van der Waals surface area contributed by atoms with E-state index in [1.807, 2.05) is 27.7 Å². The fourth-order valence-electron chi connectivity index (χ4n) is 0.544. The van der Waals surface area contributed by atoms with Crippen LogP contribution in [0.2, 0.25) is 0 Å². The minimum absolute atomic E-state index is 0.139. The van der Waals surface area contributed by atoms with Crippen LogP contribution in [0.5, 0.6) is 0 Å². The Labute approximate surface area is 75.4 Å². The van der Waals surface area contributed by atoms with E-state index in [0.29, 0.717) is 12.2 Å². The maximum atomic E-state index is 8.11. The average Bonchev–Trinajstić information content (AvgIpc) is 1.85. The summed E-state index contributed by atoms with van der Waals surface area (Å²) in [5.74, 6) is 0. The largest absolute Gasteiger partial charge is 0.394 e. The molecule has 3 nitrogen and oxygen atoms in total. The van der Waals surface area contributed by atoms with Crippen LogP contribution in [0.4, 0.5) is 0 Å². The van der Waals surface area contributed by atoms with E-state index >= 15 is 0 Å². The molecule has 0 saturated heterocycles. The number of aliphatic hydroxyl groups is 2. The highest BCUT2D eigenvalue weighted by Gasteiger charge is 1.94. The van der Waals surface area contributed by atoms with E-state index in [0.717, 1.165) is 0 Å². The van der Waals surface area contributed by atoms with E-state index in [-0.39, 0.29) is 6.61 Å². The van der Waals surface area contributed by atoms with E-state index in [9.17, 15) is 0 Å². The zero-order valence-corrected chi connectivity index (χ0v) is 8.74. The first kappa shape index (κ1) is 14.4. The first-order chi connectivity index (χ1) is 5.40. The lowest BCUT2D eigenvalue weighted by atomic mass is 10.4. The molecule has 0 fully saturated rings. The van der Waals surface area contributed by atoms with Gasteiger partial charge < -0.3 is 14.9 Å². The molecular weight excluding hydrogens is 156 g/mol. The van der Waals surface area contributed by atoms with Gasteiger partial charge in [-0.05, 0) is 34.6 Å². The van der Waals surface area contributed by atoms with Crippen LogP contribution in [0.25, 0.3) is 0 Å². The van der Waals surface area contributed by atoms with Crippen molar-refractivity contribution in [1.82, 2.24) is 0 Å². The number of ether oxygens (including phenoxy) is 1. The monoisotopic (exact) mass is 178 g/mol. The van der Waals surface area contributed by atoms with Gasteiger partial charge in [-0.2, -0.15) is 0 Å². The van der Waals surface area contributed by atoms with Gasteiger partial charge in [-0.25, -0.2) is 0 Å². The maximum absolute atomic E-state index is 8.11. The smallest absolute Gasteiger partial charge is 0.0742 e. The lowest BCUT2D eigenvalue weighted by molar-refractivity contribution is 0.0300. The van der Waals surface area contributed by atoms with Gasteiger partial charge in [0.15, 0.2) is 0 Å². The second-order valence-electron chi connectivity index (χ2n) is 3.27. The molecule has 0 amide bonds. The van der Waals surface area contributed by atoms with Gasteiger partial charge in [0.2, 0.25) is 0 Å². The molecule has 12 heavy (non-hydrogen) atoms. The third-order valence-corrected chi connectivity index (χ3v) is 0.809. The molecule has 2 N–H and O–H groups in total. The first-order valence-electron chi connectivity index (χ1n) is 4.34.